The van der Waals surface area contributed by atoms with Crippen LogP contribution in [0.15, 0.2) is 77.6 Å². The number of pyridine rings is 1. The third-order valence-electron chi connectivity index (χ3n) is 7.76. The Kier molecular flexibility index (Phi) is 7.15. The average Bonchev–Trinajstić information content (AvgIpc) is 2.99. The number of amides is 1. The number of anilines is 1. The summed E-state index contributed by atoms with van der Waals surface area (Å²) < 4.78 is 25.4. The van der Waals surface area contributed by atoms with Crippen LogP contribution in [0.5, 0.6) is 11.5 Å². The van der Waals surface area contributed by atoms with Crippen LogP contribution in [0, 0.1) is 5.82 Å². The molecule has 208 valence electrons. The van der Waals surface area contributed by atoms with Gasteiger partial charge in [-0.3, -0.25) is 14.5 Å². The number of carbonyl (C=O) groups excluding carboxylic acids is 1. The van der Waals surface area contributed by atoms with E-state index in [2.05, 4.69) is 27.3 Å². The van der Waals surface area contributed by atoms with Gasteiger partial charge in [0.25, 0.3) is 5.91 Å². The van der Waals surface area contributed by atoms with E-state index in [1.54, 1.807) is 38.5 Å². The molecule has 0 fully saturated rings. The van der Waals surface area contributed by atoms with Crippen LogP contribution in [0.2, 0.25) is 0 Å². The van der Waals surface area contributed by atoms with E-state index in [1.807, 2.05) is 24.3 Å². The number of halogens is 1. The first kappa shape index (κ1) is 26.5. The van der Waals surface area contributed by atoms with Crippen molar-refractivity contribution in [1.29, 1.82) is 0 Å². The second-order valence-electron chi connectivity index (χ2n) is 10.3. The molecule has 5 aromatic rings. The highest BCUT2D eigenvalue weighted by Crippen LogP contribution is 2.33. The van der Waals surface area contributed by atoms with Gasteiger partial charge < -0.3 is 19.8 Å². The van der Waals surface area contributed by atoms with Gasteiger partial charge in [-0.2, -0.15) is 0 Å². The largest absolute Gasteiger partial charge is 0.493 e. The van der Waals surface area contributed by atoms with Crippen molar-refractivity contribution in [2.75, 3.05) is 32.6 Å². The second-order valence-corrected chi connectivity index (χ2v) is 10.3. The van der Waals surface area contributed by atoms with Gasteiger partial charge in [-0.15, -0.1) is 0 Å². The van der Waals surface area contributed by atoms with Crippen molar-refractivity contribution in [2.24, 2.45) is 0 Å². The lowest BCUT2D eigenvalue weighted by molar-refractivity contribution is 0.102. The van der Waals surface area contributed by atoms with E-state index in [9.17, 15) is 14.0 Å². The highest BCUT2D eigenvalue weighted by atomic mass is 19.1. The summed E-state index contributed by atoms with van der Waals surface area (Å²) in [7, 11) is 3.31. The predicted octanol–water partition coefficient (Wildman–Crippen LogP) is 5.69. The predicted molar refractivity (Wildman–Crippen MR) is 159 cm³/mol. The number of hydrogen-bond donors (Lipinski definition) is 2. The number of H-pyrrole nitrogens is 1. The van der Waals surface area contributed by atoms with Gasteiger partial charge in [0.2, 0.25) is 0 Å². The van der Waals surface area contributed by atoms with Crippen molar-refractivity contribution in [1.82, 2.24) is 9.88 Å². The van der Waals surface area contributed by atoms with Gasteiger partial charge in [-0.25, -0.2) is 4.39 Å². The summed E-state index contributed by atoms with van der Waals surface area (Å²) in [5.74, 6) is 0.579. The lowest BCUT2D eigenvalue weighted by Crippen LogP contribution is -2.32. The molecule has 1 amide bonds. The van der Waals surface area contributed by atoms with Crippen LogP contribution in [0.3, 0.4) is 0 Å². The van der Waals surface area contributed by atoms with Gasteiger partial charge in [0.05, 0.1) is 30.8 Å². The molecule has 0 unspecified atom stereocenters. The number of benzene rings is 4. The molecule has 0 aliphatic carbocycles. The molecule has 6 rings (SSSR count). The topological polar surface area (TPSA) is 83.7 Å². The summed E-state index contributed by atoms with van der Waals surface area (Å²) in [4.78, 5) is 31.8. The molecule has 0 bridgehead atoms. The Morgan fingerprint density at radius 2 is 1.63 bits per heavy atom. The van der Waals surface area contributed by atoms with Crippen LogP contribution in [0.4, 0.5) is 10.1 Å². The number of carbonyl (C=O) groups is 1. The first-order chi connectivity index (χ1) is 19.9. The van der Waals surface area contributed by atoms with Crippen LogP contribution in [0.25, 0.3) is 21.8 Å². The van der Waals surface area contributed by atoms with Crippen molar-refractivity contribution in [3.8, 4) is 11.5 Å². The fourth-order valence-corrected chi connectivity index (χ4v) is 5.60. The third-order valence-corrected chi connectivity index (χ3v) is 7.76. The molecule has 1 aliphatic rings. The van der Waals surface area contributed by atoms with Crippen molar-refractivity contribution in [2.45, 2.75) is 19.4 Å². The average molecular weight is 552 g/mol. The maximum absolute atomic E-state index is 14.5. The molecule has 0 radical (unpaired) electrons. The molecule has 0 saturated heterocycles. The molecule has 7 nitrogen and oxygen atoms in total. The summed E-state index contributed by atoms with van der Waals surface area (Å²) >= 11 is 0. The molecule has 0 atom stereocenters. The quantitative estimate of drug-likeness (QED) is 0.254. The maximum Gasteiger partial charge on any atom is 0.257 e. The molecule has 41 heavy (non-hydrogen) atoms. The third kappa shape index (κ3) is 5.14. The van der Waals surface area contributed by atoms with Crippen LogP contribution in [-0.4, -0.2) is 43.1 Å². The van der Waals surface area contributed by atoms with Crippen molar-refractivity contribution in [3.63, 3.8) is 0 Å². The number of hydrogen-bond acceptors (Lipinski definition) is 5. The van der Waals surface area contributed by atoms with Crippen LogP contribution >= 0.6 is 0 Å². The molecule has 0 saturated carbocycles. The minimum atomic E-state index is -0.541. The molecule has 2 N–H and O–H groups in total. The molecule has 0 spiro atoms. The number of para-hydroxylation sites is 2. The van der Waals surface area contributed by atoms with Gasteiger partial charge in [0.15, 0.2) is 16.9 Å². The zero-order chi connectivity index (χ0) is 28.5. The lowest BCUT2D eigenvalue weighted by atomic mass is 9.98. The Labute approximate surface area is 236 Å². The lowest BCUT2D eigenvalue weighted by Gasteiger charge is -2.29. The standard InChI is InChI=1S/C33H30FN3O4/c1-40-28-17-21-13-15-37(19-22(21)18-29(28)41-2)14-12-20-6-3-7-23(16-20)35-33(39)26-10-4-8-24-30(26)36-31-25(32(24)38)9-5-11-27(31)34/h3-11,16-18H,12-15,19H2,1-2H3,(H,35,39)(H,36,38). The van der Waals surface area contributed by atoms with Gasteiger partial charge >= 0.3 is 0 Å². The number of fused-ring (bicyclic) bond motifs is 3. The Morgan fingerprint density at radius 3 is 2.41 bits per heavy atom. The van der Waals surface area contributed by atoms with E-state index < -0.39 is 5.82 Å². The Bertz CT molecular complexity index is 1850. The van der Waals surface area contributed by atoms with Gasteiger partial charge in [0, 0.05) is 36.1 Å². The number of methoxy groups -OCH3 is 2. The summed E-state index contributed by atoms with van der Waals surface area (Å²) in [5, 5.41) is 3.54. The van der Waals surface area contributed by atoms with E-state index in [-0.39, 0.29) is 27.8 Å². The first-order valence-corrected chi connectivity index (χ1v) is 13.5. The normalized spacial score (nSPS) is 13.2. The van der Waals surface area contributed by atoms with E-state index in [0.29, 0.717) is 16.6 Å². The SMILES string of the molecule is COc1cc2c(cc1OC)CN(CCc1cccc(NC(=O)c3cccc4c(=O)c5cccc(F)c5[nH]c34)c1)CC2. The minimum Gasteiger partial charge on any atom is -0.493 e. The van der Waals surface area contributed by atoms with E-state index in [0.717, 1.165) is 49.5 Å². The number of rotatable bonds is 7. The molecule has 8 heteroatoms. The summed E-state index contributed by atoms with van der Waals surface area (Å²) in [5.41, 5.74) is 4.63. The molecule has 2 heterocycles. The number of nitrogens with one attached hydrogen (secondary N) is 2. The smallest absolute Gasteiger partial charge is 0.257 e. The van der Waals surface area contributed by atoms with Crippen LogP contribution < -0.4 is 20.2 Å². The summed E-state index contributed by atoms with van der Waals surface area (Å²) in [6.07, 6.45) is 1.76. The number of aromatic amines is 1. The molecular weight excluding hydrogens is 521 g/mol. The minimum absolute atomic E-state index is 0.0881. The summed E-state index contributed by atoms with van der Waals surface area (Å²) in [6, 6.07) is 21.2. The first-order valence-electron chi connectivity index (χ1n) is 13.5. The number of nitrogens with zero attached hydrogens (tertiary/aromatic N) is 1. The van der Waals surface area contributed by atoms with Crippen LogP contribution in [0.1, 0.15) is 27.0 Å². The Hall–Kier alpha value is -4.69. The Balaban J connectivity index is 1.17. The number of aromatic nitrogens is 1. The maximum atomic E-state index is 14.5. The van der Waals surface area contributed by atoms with Crippen molar-refractivity contribution >= 4 is 33.4 Å². The van der Waals surface area contributed by atoms with Gasteiger partial charge in [-0.05, 0) is 78.1 Å². The number of ether oxygens (including phenoxy) is 2. The van der Waals surface area contributed by atoms with Gasteiger partial charge in [0.1, 0.15) is 5.82 Å². The second kappa shape index (κ2) is 11.1. The van der Waals surface area contributed by atoms with Crippen LogP contribution in [-0.2, 0) is 19.4 Å². The zero-order valence-electron chi connectivity index (χ0n) is 22.9. The van der Waals surface area contributed by atoms with Crippen molar-refractivity contribution < 1.29 is 18.7 Å². The highest BCUT2D eigenvalue weighted by molar-refractivity contribution is 6.13. The molecule has 1 aliphatic heterocycles. The van der Waals surface area contributed by atoms with E-state index >= 15 is 0 Å². The molecule has 4 aromatic carbocycles. The van der Waals surface area contributed by atoms with Crippen molar-refractivity contribution in [3.05, 3.63) is 111 Å². The zero-order valence-corrected chi connectivity index (χ0v) is 22.9. The van der Waals surface area contributed by atoms with E-state index in [1.165, 1.54) is 23.3 Å². The highest BCUT2D eigenvalue weighted by Gasteiger charge is 2.20. The monoisotopic (exact) mass is 551 g/mol. The Morgan fingerprint density at radius 1 is 0.927 bits per heavy atom. The summed E-state index contributed by atoms with van der Waals surface area (Å²) in [6.45, 7) is 2.66. The fraction of sp³-hybridized carbons (Fsp3) is 0.212. The fourth-order valence-electron chi connectivity index (χ4n) is 5.60. The molecular formula is C33H30FN3O4. The van der Waals surface area contributed by atoms with Gasteiger partial charge in [-0.1, -0.05) is 24.3 Å². The van der Waals surface area contributed by atoms with E-state index in [4.69, 9.17) is 9.47 Å². The molecule has 1 aromatic heterocycles.